The van der Waals surface area contributed by atoms with Gasteiger partial charge in [-0.1, -0.05) is 30.3 Å². The lowest BCUT2D eigenvalue weighted by Gasteiger charge is -2.30. The summed E-state index contributed by atoms with van der Waals surface area (Å²) in [5, 5.41) is 6.34. The highest BCUT2D eigenvalue weighted by atomic mass is 32.2. The third-order valence-corrected chi connectivity index (χ3v) is 3.40. The molecule has 86 valence electrons. The predicted octanol–water partition coefficient (Wildman–Crippen LogP) is 1.18. The molecule has 1 saturated heterocycles. The Labute approximate surface area is 100.0 Å². The van der Waals surface area contributed by atoms with Crippen LogP contribution in [0, 0.1) is 0 Å². The summed E-state index contributed by atoms with van der Waals surface area (Å²) in [5.74, 6) is 0.933. The molecule has 1 aromatic rings. The van der Waals surface area contributed by atoms with Gasteiger partial charge in [0.2, 0.25) is 5.91 Å². The van der Waals surface area contributed by atoms with E-state index in [2.05, 4.69) is 10.6 Å². The molecule has 0 saturated carbocycles. The molecule has 0 unspecified atom stereocenters. The van der Waals surface area contributed by atoms with Crippen molar-refractivity contribution in [1.29, 1.82) is 0 Å². The number of hydrogen-bond acceptors (Lipinski definition) is 3. The van der Waals surface area contributed by atoms with Gasteiger partial charge < -0.3 is 10.6 Å². The molecule has 1 heterocycles. The van der Waals surface area contributed by atoms with Crippen molar-refractivity contribution in [1.82, 2.24) is 10.6 Å². The zero-order valence-electron chi connectivity index (χ0n) is 9.27. The number of amides is 1. The van der Waals surface area contributed by atoms with Gasteiger partial charge >= 0.3 is 0 Å². The molecule has 2 atom stereocenters. The summed E-state index contributed by atoms with van der Waals surface area (Å²) >= 11 is 1.69. The van der Waals surface area contributed by atoms with Crippen LogP contribution in [0.15, 0.2) is 30.3 Å². The van der Waals surface area contributed by atoms with E-state index in [9.17, 15) is 4.79 Å². The van der Waals surface area contributed by atoms with E-state index in [1.165, 1.54) is 0 Å². The minimum Gasteiger partial charge on any atom is -0.347 e. The second-order valence-corrected chi connectivity index (χ2v) is 4.80. The number of benzene rings is 1. The van der Waals surface area contributed by atoms with E-state index in [0.29, 0.717) is 0 Å². The van der Waals surface area contributed by atoms with E-state index >= 15 is 0 Å². The van der Waals surface area contributed by atoms with E-state index in [1.54, 1.807) is 11.8 Å². The Morgan fingerprint density at radius 3 is 2.75 bits per heavy atom. The summed E-state index contributed by atoms with van der Waals surface area (Å²) in [6, 6.07) is 10.1. The van der Waals surface area contributed by atoms with Gasteiger partial charge in [0.15, 0.2) is 0 Å². The zero-order valence-corrected chi connectivity index (χ0v) is 10.1. The van der Waals surface area contributed by atoms with Crippen molar-refractivity contribution in [2.24, 2.45) is 0 Å². The standard InChI is InChI=1S/C12H16N2OS/c1-16-8-11-12(15)14-10(7-13-11)9-5-3-2-4-6-9/h2-6,10-11,13H,7-8H2,1H3,(H,14,15)/t10-,11+/m1/s1. The van der Waals surface area contributed by atoms with Gasteiger partial charge in [-0.15, -0.1) is 0 Å². The fourth-order valence-corrected chi connectivity index (χ4v) is 2.47. The zero-order chi connectivity index (χ0) is 11.4. The molecule has 1 amide bonds. The van der Waals surface area contributed by atoms with Crippen LogP contribution in [0.25, 0.3) is 0 Å². The van der Waals surface area contributed by atoms with Crippen LogP contribution < -0.4 is 10.6 Å². The van der Waals surface area contributed by atoms with Crippen LogP contribution in [0.3, 0.4) is 0 Å². The molecule has 1 aromatic carbocycles. The first-order chi connectivity index (χ1) is 7.81. The van der Waals surface area contributed by atoms with Gasteiger partial charge in [-0.05, 0) is 11.8 Å². The average molecular weight is 236 g/mol. The van der Waals surface area contributed by atoms with Gasteiger partial charge in [0.05, 0.1) is 12.1 Å². The van der Waals surface area contributed by atoms with Crippen LogP contribution >= 0.6 is 11.8 Å². The molecule has 1 aliphatic heterocycles. The normalized spacial score (nSPS) is 25.2. The second-order valence-electron chi connectivity index (χ2n) is 3.89. The molecule has 0 spiro atoms. The van der Waals surface area contributed by atoms with Crippen LogP contribution in [0.2, 0.25) is 0 Å². The highest BCUT2D eigenvalue weighted by molar-refractivity contribution is 7.98. The number of piperazine rings is 1. The smallest absolute Gasteiger partial charge is 0.238 e. The summed E-state index contributed by atoms with van der Waals surface area (Å²) in [6.07, 6.45) is 2.01. The molecule has 2 N–H and O–H groups in total. The molecule has 16 heavy (non-hydrogen) atoms. The second kappa shape index (κ2) is 5.37. The van der Waals surface area contributed by atoms with Crippen molar-refractivity contribution in [2.45, 2.75) is 12.1 Å². The number of hydrogen-bond donors (Lipinski definition) is 2. The van der Waals surface area contributed by atoms with Gasteiger partial charge in [0.1, 0.15) is 0 Å². The first kappa shape index (κ1) is 11.5. The molecule has 2 rings (SSSR count). The SMILES string of the molecule is CSC[C@@H]1NC[C@H](c2ccccc2)NC1=O. The molecular formula is C12H16N2OS. The summed E-state index contributed by atoms with van der Waals surface area (Å²) in [5.41, 5.74) is 1.16. The first-order valence-corrected chi connectivity index (χ1v) is 6.78. The topological polar surface area (TPSA) is 41.1 Å². The van der Waals surface area contributed by atoms with Gasteiger partial charge in [-0.2, -0.15) is 11.8 Å². The molecular weight excluding hydrogens is 220 g/mol. The summed E-state index contributed by atoms with van der Waals surface area (Å²) < 4.78 is 0. The lowest BCUT2D eigenvalue weighted by molar-refractivity contribution is -0.124. The highest BCUT2D eigenvalue weighted by Crippen LogP contribution is 2.15. The lowest BCUT2D eigenvalue weighted by atomic mass is 10.0. The molecule has 1 fully saturated rings. The van der Waals surface area contributed by atoms with Crippen molar-refractivity contribution in [3.05, 3.63) is 35.9 Å². The monoisotopic (exact) mass is 236 g/mol. The number of thioether (sulfide) groups is 1. The van der Waals surface area contributed by atoms with E-state index < -0.39 is 0 Å². The number of nitrogens with one attached hydrogen (secondary N) is 2. The molecule has 0 radical (unpaired) electrons. The fourth-order valence-electron chi connectivity index (χ4n) is 1.86. The Morgan fingerprint density at radius 2 is 2.12 bits per heavy atom. The number of carbonyl (C=O) groups excluding carboxylic acids is 1. The molecule has 0 bridgehead atoms. The summed E-state index contributed by atoms with van der Waals surface area (Å²) in [4.78, 5) is 11.8. The Bertz CT molecular complexity index is 355. The van der Waals surface area contributed by atoms with Crippen LogP contribution in [-0.4, -0.2) is 30.5 Å². The first-order valence-electron chi connectivity index (χ1n) is 5.39. The largest absolute Gasteiger partial charge is 0.347 e. The Hall–Kier alpha value is -1.00. The highest BCUT2D eigenvalue weighted by Gasteiger charge is 2.27. The minimum atomic E-state index is -0.0463. The maximum atomic E-state index is 11.8. The maximum Gasteiger partial charge on any atom is 0.238 e. The number of carbonyl (C=O) groups is 1. The third kappa shape index (κ3) is 2.57. The Kier molecular flexibility index (Phi) is 3.85. The fraction of sp³-hybridized carbons (Fsp3) is 0.417. The van der Waals surface area contributed by atoms with E-state index in [4.69, 9.17) is 0 Å². The van der Waals surface area contributed by atoms with Gasteiger partial charge in [0.25, 0.3) is 0 Å². The van der Waals surface area contributed by atoms with Gasteiger partial charge in [0, 0.05) is 12.3 Å². The van der Waals surface area contributed by atoms with Gasteiger partial charge in [-0.25, -0.2) is 0 Å². The molecule has 0 aliphatic carbocycles. The maximum absolute atomic E-state index is 11.8. The van der Waals surface area contributed by atoms with Crippen LogP contribution in [0.5, 0.6) is 0 Å². The quantitative estimate of drug-likeness (QED) is 0.828. The molecule has 3 nitrogen and oxygen atoms in total. The van der Waals surface area contributed by atoms with Crippen molar-refractivity contribution in [3.63, 3.8) is 0 Å². The lowest BCUT2D eigenvalue weighted by Crippen LogP contribution is -2.55. The number of rotatable bonds is 3. The van der Waals surface area contributed by atoms with Crippen molar-refractivity contribution < 1.29 is 4.79 Å². The van der Waals surface area contributed by atoms with Gasteiger partial charge in [-0.3, -0.25) is 4.79 Å². The molecule has 4 heteroatoms. The van der Waals surface area contributed by atoms with E-state index in [1.807, 2.05) is 36.6 Å². The predicted molar refractivity (Wildman–Crippen MR) is 67.5 cm³/mol. The molecule has 0 aromatic heterocycles. The van der Waals surface area contributed by atoms with Crippen LogP contribution in [0.1, 0.15) is 11.6 Å². The van der Waals surface area contributed by atoms with Crippen molar-refractivity contribution in [3.8, 4) is 0 Å². The minimum absolute atomic E-state index is 0.0463. The molecule has 1 aliphatic rings. The Balaban J connectivity index is 2.00. The van der Waals surface area contributed by atoms with E-state index in [0.717, 1.165) is 17.9 Å². The van der Waals surface area contributed by atoms with Crippen LogP contribution in [-0.2, 0) is 4.79 Å². The average Bonchev–Trinajstić information content (AvgIpc) is 2.33. The summed E-state index contributed by atoms with van der Waals surface area (Å²) in [7, 11) is 0. The van der Waals surface area contributed by atoms with Crippen molar-refractivity contribution in [2.75, 3.05) is 18.6 Å². The third-order valence-electron chi connectivity index (χ3n) is 2.74. The van der Waals surface area contributed by atoms with Crippen molar-refractivity contribution >= 4 is 17.7 Å². The summed E-state index contributed by atoms with van der Waals surface area (Å²) in [6.45, 7) is 0.807. The van der Waals surface area contributed by atoms with E-state index in [-0.39, 0.29) is 18.0 Å². The Morgan fingerprint density at radius 1 is 1.38 bits per heavy atom. The van der Waals surface area contributed by atoms with Crippen LogP contribution in [0.4, 0.5) is 0 Å².